The SMILES string of the molecule is COc1ccc(C(=O)NCCNCC(C)c2ccccc2)cc1. The fourth-order valence-electron chi connectivity index (χ4n) is 2.33. The van der Waals surface area contributed by atoms with Gasteiger partial charge in [0.2, 0.25) is 0 Å². The zero-order valence-electron chi connectivity index (χ0n) is 13.7. The lowest BCUT2D eigenvalue weighted by molar-refractivity contribution is 0.0954. The normalized spacial score (nSPS) is 11.7. The molecular weight excluding hydrogens is 288 g/mol. The lowest BCUT2D eigenvalue weighted by Crippen LogP contribution is -2.33. The summed E-state index contributed by atoms with van der Waals surface area (Å²) < 4.78 is 5.08. The highest BCUT2D eigenvalue weighted by Gasteiger charge is 2.06. The van der Waals surface area contributed by atoms with Crippen molar-refractivity contribution in [1.82, 2.24) is 10.6 Å². The summed E-state index contributed by atoms with van der Waals surface area (Å²) in [4.78, 5) is 12.0. The first kappa shape index (κ1) is 17.0. The molecule has 4 heteroatoms. The first-order chi connectivity index (χ1) is 11.2. The van der Waals surface area contributed by atoms with Crippen molar-refractivity contribution in [2.75, 3.05) is 26.7 Å². The van der Waals surface area contributed by atoms with Crippen molar-refractivity contribution in [3.05, 3.63) is 65.7 Å². The third kappa shape index (κ3) is 5.42. The van der Waals surface area contributed by atoms with Gasteiger partial charge in [0.25, 0.3) is 5.91 Å². The molecule has 0 heterocycles. The van der Waals surface area contributed by atoms with E-state index in [0.29, 0.717) is 18.0 Å². The van der Waals surface area contributed by atoms with Gasteiger partial charge in [-0.2, -0.15) is 0 Å². The molecule has 0 saturated carbocycles. The number of ether oxygens (including phenoxy) is 1. The van der Waals surface area contributed by atoms with E-state index >= 15 is 0 Å². The molecule has 0 fully saturated rings. The van der Waals surface area contributed by atoms with Gasteiger partial charge in [0, 0.05) is 25.2 Å². The molecule has 0 saturated heterocycles. The van der Waals surface area contributed by atoms with Crippen molar-refractivity contribution in [2.24, 2.45) is 0 Å². The Labute approximate surface area is 137 Å². The molecule has 0 aliphatic carbocycles. The number of hydrogen-bond donors (Lipinski definition) is 2. The van der Waals surface area contributed by atoms with Crippen molar-refractivity contribution >= 4 is 5.91 Å². The second-order valence-electron chi connectivity index (χ2n) is 5.50. The third-order valence-electron chi connectivity index (χ3n) is 3.76. The van der Waals surface area contributed by atoms with E-state index in [1.807, 2.05) is 6.07 Å². The molecule has 1 unspecified atom stereocenters. The van der Waals surface area contributed by atoms with E-state index in [0.717, 1.165) is 18.8 Å². The van der Waals surface area contributed by atoms with Gasteiger partial charge in [-0.3, -0.25) is 4.79 Å². The fourth-order valence-corrected chi connectivity index (χ4v) is 2.33. The number of nitrogens with one attached hydrogen (secondary N) is 2. The number of carbonyl (C=O) groups excluding carboxylic acids is 1. The maximum Gasteiger partial charge on any atom is 0.251 e. The number of methoxy groups -OCH3 is 1. The van der Waals surface area contributed by atoms with Gasteiger partial charge in [-0.25, -0.2) is 0 Å². The van der Waals surface area contributed by atoms with Gasteiger partial charge < -0.3 is 15.4 Å². The van der Waals surface area contributed by atoms with Crippen molar-refractivity contribution < 1.29 is 9.53 Å². The Bertz CT molecular complexity index is 597. The van der Waals surface area contributed by atoms with Crippen LogP contribution in [0.1, 0.15) is 28.8 Å². The Kier molecular flexibility index (Phi) is 6.63. The van der Waals surface area contributed by atoms with Gasteiger partial charge in [-0.1, -0.05) is 37.3 Å². The average Bonchev–Trinajstić information content (AvgIpc) is 2.62. The molecule has 2 rings (SSSR count). The van der Waals surface area contributed by atoms with Crippen LogP contribution in [0.5, 0.6) is 5.75 Å². The summed E-state index contributed by atoms with van der Waals surface area (Å²) in [7, 11) is 1.61. The molecule has 1 amide bonds. The van der Waals surface area contributed by atoms with Crippen LogP contribution in [0, 0.1) is 0 Å². The molecule has 122 valence electrons. The average molecular weight is 312 g/mol. The molecule has 0 radical (unpaired) electrons. The molecule has 1 atom stereocenters. The van der Waals surface area contributed by atoms with Crippen LogP contribution in [-0.4, -0.2) is 32.7 Å². The zero-order valence-corrected chi connectivity index (χ0v) is 13.7. The summed E-state index contributed by atoms with van der Waals surface area (Å²) in [5.74, 6) is 1.14. The van der Waals surface area contributed by atoms with Crippen LogP contribution in [0.15, 0.2) is 54.6 Å². The molecule has 0 spiro atoms. The van der Waals surface area contributed by atoms with Crippen LogP contribution < -0.4 is 15.4 Å². The van der Waals surface area contributed by atoms with Crippen molar-refractivity contribution in [1.29, 1.82) is 0 Å². The Morgan fingerprint density at radius 1 is 1.04 bits per heavy atom. The molecule has 4 nitrogen and oxygen atoms in total. The van der Waals surface area contributed by atoms with Crippen LogP contribution in [-0.2, 0) is 0 Å². The highest BCUT2D eigenvalue weighted by molar-refractivity contribution is 5.94. The lowest BCUT2D eigenvalue weighted by Gasteiger charge is -2.13. The lowest BCUT2D eigenvalue weighted by atomic mass is 10.0. The van der Waals surface area contributed by atoms with Gasteiger partial charge in [0.05, 0.1) is 7.11 Å². The van der Waals surface area contributed by atoms with Gasteiger partial charge in [-0.15, -0.1) is 0 Å². The largest absolute Gasteiger partial charge is 0.497 e. The van der Waals surface area contributed by atoms with Crippen LogP contribution in [0.2, 0.25) is 0 Å². The maximum atomic E-state index is 12.0. The topological polar surface area (TPSA) is 50.4 Å². The molecular formula is C19H24N2O2. The minimum atomic E-state index is -0.0643. The second-order valence-corrected chi connectivity index (χ2v) is 5.50. The van der Waals surface area contributed by atoms with Gasteiger partial charge in [-0.05, 0) is 35.7 Å². The Hall–Kier alpha value is -2.33. The predicted octanol–water partition coefficient (Wildman–Crippen LogP) is 2.82. The van der Waals surface area contributed by atoms with E-state index in [4.69, 9.17) is 4.74 Å². The Morgan fingerprint density at radius 2 is 1.74 bits per heavy atom. The second kappa shape index (κ2) is 8.96. The van der Waals surface area contributed by atoms with E-state index < -0.39 is 0 Å². The Balaban J connectivity index is 1.65. The number of carbonyl (C=O) groups is 1. The third-order valence-corrected chi connectivity index (χ3v) is 3.76. The molecule has 2 aromatic carbocycles. The van der Waals surface area contributed by atoms with Crippen LogP contribution in [0.3, 0.4) is 0 Å². The van der Waals surface area contributed by atoms with Gasteiger partial charge in [0.1, 0.15) is 5.75 Å². The summed E-state index contributed by atoms with van der Waals surface area (Å²) >= 11 is 0. The number of rotatable bonds is 8. The minimum Gasteiger partial charge on any atom is -0.497 e. The molecule has 0 aromatic heterocycles. The van der Waals surface area contributed by atoms with E-state index in [1.54, 1.807) is 31.4 Å². The summed E-state index contributed by atoms with van der Waals surface area (Å²) in [5.41, 5.74) is 1.96. The van der Waals surface area contributed by atoms with Crippen molar-refractivity contribution in [2.45, 2.75) is 12.8 Å². The fraction of sp³-hybridized carbons (Fsp3) is 0.316. The summed E-state index contributed by atoms with van der Waals surface area (Å²) in [6, 6.07) is 17.5. The molecule has 0 aliphatic heterocycles. The van der Waals surface area contributed by atoms with Crippen LogP contribution in [0.25, 0.3) is 0 Å². The summed E-state index contributed by atoms with van der Waals surface area (Å²) in [6.45, 7) is 4.44. The number of benzene rings is 2. The van der Waals surface area contributed by atoms with Crippen LogP contribution >= 0.6 is 0 Å². The van der Waals surface area contributed by atoms with E-state index in [2.05, 4.69) is 41.8 Å². The zero-order chi connectivity index (χ0) is 16.5. The molecule has 2 aromatic rings. The first-order valence-electron chi connectivity index (χ1n) is 7.88. The highest BCUT2D eigenvalue weighted by Crippen LogP contribution is 2.13. The van der Waals surface area contributed by atoms with E-state index in [-0.39, 0.29) is 5.91 Å². The van der Waals surface area contributed by atoms with E-state index in [1.165, 1.54) is 5.56 Å². The molecule has 2 N–H and O–H groups in total. The van der Waals surface area contributed by atoms with Crippen LogP contribution in [0.4, 0.5) is 0 Å². The predicted molar refractivity (Wildman–Crippen MR) is 93.1 cm³/mol. The van der Waals surface area contributed by atoms with E-state index in [9.17, 15) is 4.79 Å². The smallest absolute Gasteiger partial charge is 0.251 e. The molecule has 0 aliphatic rings. The monoisotopic (exact) mass is 312 g/mol. The quantitative estimate of drug-likeness (QED) is 0.737. The number of hydrogen-bond acceptors (Lipinski definition) is 3. The maximum absolute atomic E-state index is 12.0. The summed E-state index contributed by atoms with van der Waals surface area (Å²) in [6.07, 6.45) is 0. The molecule has 0 bridgehead atoms. The van der Waals surface area contributed by atoms with Gasteiger partial charge >= 0.3 is 0 Å². The summed E-state index contributed by atoms with van der Waals surface area (Å²) in [5, 5.41) is 6.28. The van der Waals surface area contributed by atoms with Gasteiger partial charge in [0.15, 0.2) is 0 Å². The molecule has 23 heavy (non-hydrogen) atoms. The highest BCUT2D eigenvalue weighted by atomic mass is 16.5. The van der Waals surface area contributed by atoms with Crippen molar-refractivity contribution in [3.8, 4) is 5.75 Å². The minimum absolute atomic E-state index is 0.0643. The van der Waals surface area contributed by atoms with Crippen molar-refractivity contribution in [3.63, 3.8) is 0 Å². The standard InChI is InChI=1S/C19H24N2O2/c1-15(16-6-4-3-5-7-16)14-20-12-13-21-19(22)17-8-10-18(23-2)11-9-17/h3-11,15,20H,12-14H2,1-2H3,(H,21,22). The first-order valence-corrected chi connectivity index (χ1v) is 7.88. The Morgan fingerprint density at radius 3 is 2.39 bits per heavy atom. The number of amides is 1.